The second-order valence-electron chi connectivity index (χ2n) is 3.99. The lowest BCUT2D eigenvalue weighted by atomic mass is 10.1. The molecule has 0 spiro atoms. The number of rotatable bonds is 5. The molecule has 2 rings (SSSR count). The van der Waals surface area contributed by atoms with Crippen molar-refractivity contribution in [2.24, 2.45) is 0 Å². The largest absolute Gasteiger partial charge is 0.381 e. The van der Waals surface area contributed by atoms with Crippen molar-refractivity contribution in [2.45, 2.75) is 13.0 Å². The third-order valence-electron chi connectivity index (χ3n) is 2.71. The molecule has 0 unspecified atom stereocenters. The van der Waals surface area contributed by atoms with Crippen LogP contribution in [0.2, 0.25) is 0 Å². The summed E-state index contributed by atoms with van der Waals surface area (Å²) in [6, 6.07) is 18.8. The van der Waals surface area contributed by atoms with Crippen LogP contribution in [0.1, 0.15) is 11.1 Å². The average Bonchev–Trinajstić information content (AvgIpc) is 2.39. The normalized spacial score (nSPS) is 9.88. The van der Waals surface area contributed by atoms with Gasteiger partial charge in [-0.05, 0) is 23.6 Å². The second kappa shape index (κ2) is 5.90. The molecule has 0 atom stereocenters. The average molecular weight is 223 g/mol. The summed E-state index contributed by atoms with van der Waals surface area (Å²) < 4.78 is 0. The van der Waals surface area contributed by atoms with Gasteiger partial charge in [0.05, 0.1) is 0 Å². The number of hydrogen-bond donors (Lipinski definition) is 1. The van der Waals surface area contributed by atoms with Gasteiger partial charge < -0.3 is 5.32 Å². The second-order valence-corrected chi connectivity index (χ2v) is 3.99. The molecule has 0 aliphatic carbocycles. The molecule has 0 bridgehead atoms. The minimum atomic E-state index is 0.856. The lowest BCUT2D eigenvalue weighted by Crippen LogP contribution is -2.01. The number of allylic oxidation sites excluding steroid dienone is 1. The Balaban J connectivity index is 2.06. The Labute approximate surface area is 103 Å². The first-order valence-electron chi connectivity index (χ1n) is 5.87. The summed E-state index contributed by atoms with van der Waals surface area (Å²) in [7, 11) is 0. The third-order valence-corrected chi connectivity index (χ3v) is 2.71. The van der Waals surface area contributed by atoms with Gasteiger partial charge in [-0.25, -0.2) is 0 Å². The van der Waals surface area contributed by atoms with Gasteiger partial charge in [0.15, 0.2) is 0 Å². The van der Waals surface area contributed by atoms with Crippen LogP contribution in [-0.4, -0.2) is 0 Å². The molecule has 2 aromatic carbocycles. The van der Waals surface area contributed by atoms with E-state index in [1.54, 1.807) is 0 Å². The summed E-state index contributed by atoms with van der Waals surface area (Å²) in [5, 5.41) is 3.47. The van der Waals surface area contributed by atoms with E-state index in [9.17, 15) is 0 Å². The van der Waals surface area contributed by atoms with Gasteiger partial charge in [0, 0.05) is 12.2 Å². The van der Waals surface area contributed by atoms with Crippen LogP contribution < -0.4 is 5.32 Å². The van der Waals surface area contributed by atoms with E-state index in [1.165, 1.54) is 16.8 Å². The molecular formula is C16H17N. The van der Waals surface area contributed by atoms with Gasteiger partial charge in [0.25, 0.3) is 0 Å². The lowest BCUT2D eigenvalue weighted by molar-refractivity contribution is 1.13. The van der Waals surface area contributed by atoms with E-state index in [2.05, 4.69) is 60.4 Å². The summed E-state index contributed by atoms with van der Waals surface area (Å²) >= 11 is 0. The molecule has 1 nitrogen and oxygen atoms in total. The fourth-order valence-electron chi connectivity index (χ4n) is 1.82. The standard InChI is InChI=1S/C16H17N/c1-2-8-15-11-6-7-12-16(15)17-13-14-9-4-3-5-10-14/h2-7,9-12,17H,1,8,13H2. The van der Waals surface area contributed by atoms with Crippen LogP contribution >= 0.6 is 0 Å². The first-order valence-corrected chi connectivity index (χ1v) is 5.87. The van der Waals surface area contributed by atoms with E-state index in [4.69, 9.17) is 0 Å². The van der Waals surface area contributed by atoms with Crippen molar-refractivity contribution in [3.8, 4) is 0 Å². The highest BCUT2D eigenvalue weighted by molar-refractivity contribution is 5.52. The highest BCUT2D eigenvalue weighted by Crippen LogP contribution is 2.16. The number of anilines is 1. The minimum absolute atomic E-state index is 0.856. The Morgan fingerprint density at radius 1 is 0.941 bits per heavy atom. The van der Waals surface area contributed by atoms with Crippen molar-refractivity contribution < 1.29 is 0 Å². The topological polar surface area (TPSA) is 12.0 Å². The van der Waals surface area contributed by atoms with Crippen LogP contribution in [0.3, 0.4) is 0 Å². The minimum Gasteiger partial charge on any atom is -0.381 e. The lowest BCUT2D eigenvalue weighted by Gasteiger charge is -2.10. The molecule has 0 aliphatic heterocycles. The smallest absolute Gasteiger partial charge is 0.0400 e. The maximum absolute atomic E-state index is 3.79. The van der Waals surface area contributed by atoms with Gasteiger partial charge in [-0.15, -0.1) is 6.58 Å². The van der Waals surface area contributed by atoms with Gasteiger partial charge >= 0.3 is 0 Å². The van der Waals surface area contributed by atoms with E-state index in [1.807, 2.05) is 12.1 Å². The first kappa shape index (κ1) is 11.5. The highest BCUT2D eigenvalue weighted by Gasteiger charge is 1.99. The SMILES string of the molecule is C=CCc1ccccc1NCc1ccccc1. The first-order chi connectivity index (χ1) is 8.40. The fourth-order valence-corrected chi connectivity index (χ4v) is 1.82. The quantitative estimate of drug-likeness (QED) is 0.755. The Hall–Kier alpha value is -2.02. The molecule has 0 fully saturated rings. The van der Waals surface area contributed by atoms with Crippen LogP contribution in [0.25, 0.3) is 0 Å². The molecule has 0 saturated heterocycles. The van der Waals surface area contributed by atoms with Crippen molar-refractivity contribution in [1.29, 1.82) is 0 Å². The Morgan fingerprint density at radius 3 is 2.41 bits per heavy atom. The van der Waals surface area contributed by atoms with Gasteiger partial charge in [-0.1, -0.05) is 54.6 Å². The summed E-state index contributed by atoms with van der Waals surface area (Å²) in [6.45, 7) is 4.64. The van der Waals surface area contributed by atoms with E-state index < -0.39 is 0 Å². The monoisotopic (exact) mass is 223 g/mol. The van der Waals surface area contributed by atoms with Crippen LogP contribution in [0.15, 0.2) is 67.3 Å². The molecule has 0 amide bonds. The van der Waals surface area contributed by atoms with E-state index in [0.717, 1.165) is 13.0 Å². The summed E-state index contributed by atoms with van der Waals surface area (Å²) in [4.78, 5) is 0. The Kier molecular flexibility index (Phi) is 3.98. The zero-order valence-corrected chi connectivity index (χ0v) is 9.89. The van der Waals surface area contributed by atoms with Crippen molar-refractivity contribution in [1.82, 2.24) is 0 Å². The molecule has 2 aromatic rings. The zero-order chi connectivity index (χ0) is 11.9. The molecule has 1 N–H and O–H groups in total. The van der Waals surface area contributed by atoms with E-state index >= 15 is 0 Å². The number of para-hydroxylation sites is 1. The van der Waals surface area contributed by atoms with Gasteiger partial charge in [-0.3, -0.25) is 0 Å². The van der Waals surface area contributed by atoms with E-state index in [-0.39, 0.29) is 0 Å². The van der Waals surface area contributed by atoms with Crippen molar-refractivity contribution in [2.75, 3.05) is 5.32 Å². The molecule has 86 valence electrons. The number of nitrogens with one attached hydrogen (secondary N) is 1. The van der Waals surface area contributed by atoms with Crippen molar-refractivity contribution in [3.63, 3.8) is 0 Å². The molecule has 0 aliphatic rings. The maximum atomic E-state index is 3.79. The van der Waals surface area contributed by atoms with Gasteiger partial charge in [-0.2, -0.15) is 0 Å². The summed E-state index contributed by atoms with van der Waals surface area (Å²) in [6.07, 6.45) is 2.83. The van der Waals surface area contributed by atoms with Crippen molar-refractivity contribution >= 4 is 5.69 Å². The molecule has 17 heavy (non-hydrogen) atoms. The molecular weight excluding hydrogens is 206 g/mol. The van der Waals surface area contributed by atoms with Crippen LogP contribution in [0, 0.1) is 0 Å². The molecule has 0 aromatic heterocycles. The molecule has 0 radical (unpaired) electrons. The van der Waals surface area contributed by atoms with Crippen LogP contribution in [0.5, 0.6) is 0 Å². The number of hydrogen-bond acceptors (Lipinski definition) is 1. The van der Waals surface area contributed by atoms with Gasteiger partial charge in [0.1, 0.15) is 0 Å². The van der Waals surface area contributed by atoms with Crippen LogP contribution in [0.4, 0.5) is 5.69 Å². The van der Waals surface area contributed by atoms with Gasteiger partial charge in [0.2, 0.25) is 0 Å². The summed E-state index contributed by atoms with van der Waals surface area (Å²) in [5.74, 6) is 0. The van der Waals surface area contributed by atoms with Crippen LogP contribution in [-0.2, 0) is 13.0 Å². The van der Waals surface area contributed by atoms with E-state index in [0.29, 0.717) is 0 Å². The highest BCUT2D eigenvalue weighted by atomic mass is 14.9. The zero-order valence-electron chi connectivity index (χ0n) is 9.89. The van der Waals surface area contributed by atoms with Crippen molar-refractivity contribution in [3.05, 3.63) is 78.4 Å². The summed E-state index contributed by atoms with van der Waals surface area (Å²) in [5.41, 5.74) is 3.77. The Morgan fingerprint density at radius 2 is 1.65 bits per heavy atom. The fraction of sp³-hybridized carbons (Fsp3) is 0.125. The maximum Gasteiger partial charge on any atom is 0.0400 e. The Bertz CT molecular complexity index is 474. The molecule has 1 heteroatoms. The predicted octanol–water partition coefficient (Wildman–Crippen LogP) is 4.03. The predicted molar refractivity (Wildman–Crippen MR) is 74.1 cm³/mol. The third kappa shape index (κ3) is 3.22. The molecule has 0 heterocycles. The molecule has 0 saturated carbocycles. The number of benzene rings is 2.